The highest BCUT2D eigenvalue weighted by atomic mass is 32.2. The van der Waals surface area contributed by atoms with E-state index in [4.69, 9.17) is 0 Å². The number of anilines is 1. The van der Waals surface area contributed by atoms with Crippen LogP contribution in [0.3, 0.4) is 0 Å². The summed E-state index contributed by atoms with van der Waals surface area (Å²) in [6.45, 7) is 4.02. The number of carbonyl (C=O) groups is 1. The van der Waals surface area contributed by atoms with Crippen LogP contribution in [0.5, 0.6) is 0 Å². The van der Waals surface area contributed by atoms with Crippen molar-refractivity contribution < 1.29 is 4.79 Å². The number of amides is 1. The number of rotatable bonds is 4. The highest BCUT2D eigenvalue weighted by Gasteiger charge is 2.13. The van der Waals surface area contributed by atoms with E-state index in [2.05, 4.69) is 20.5 Å². The molecule has 0 aliphatic carbocycles. The van der Waals surface area contributed by atoms with Gasteiger partial charge in [0, 0.05) is 5.69 Å². The third-order valence-corrected chi connectivity index (χ3v) is 5.05. The van der Waals surface area contributed by atoms with Gasteiger partial charge < -0.3 is 5.32 Å². The van der Waals surface area contributed by atoms with Crippen molar-refractivity contribution in [2.24, 2.45) is 0 Å². The molecule has 0 atom stereocenters. The minimum Gasteiger partial charge on any atom is -0.325 e. The molecule has 2 heterocycles. The minimum atomic E-state index is -0.0745. The minimum absolute atomic E-state index is 0.0745. The van der Waals surface area contributed by atoms with Crippen LogP contribution < -0.4 is 5.32 Å². The molecular weight excluding hydrogens is 346 g/mol. The Balaban J connectivity index is 1.55. The molecule has 0 unspecified atom stereocenters. The van der Waals surface area contributed by atoms with Crippen LogP contribution >= 0.6 is 11.8 Å². The van der Waals surface area contributed by atoms with Gasteiger partial charge in [0.05, 0.1) is 16.8 Å². The summed E-state index contributed by atoms with van der Waals surface area (Å²) < 4.78 is 1.90. The van der Waals surface area contributed by atoms with E-state index >= 15 is 0 Å². The van der Waals surface area contributed by atoms with E-state index in [-0.39, 0.29) is 11.7 Å². The number of nitrogens with one attached hydrogen (secondary N) is 1. The number of fused-ring (bicyclic) bond motifs is 3. The topological polar surface area (TPSA) is 72.2 Å². The lowest BCUT2D eigenvalue weighted by atomic mass is 10.1. The summed E-state index contributed by atoms with van der Waals surface area (Å²) in [4.78, 5) is 17.0. The normalized spacial score (nSPS) is 11.2. The molecule has 2 aromatic carbocycles. The van der Waals surface area contributed by atoms with Crippen LogP contribution in [0.1, 0.15) is 11.1 Å². The number of thioether (sulfide) groups is 1. The van der Waals surface area contributed by atoms with Crippen molar-refractivity contribution >= 4 is 40.0 Å². The summed E-state index contributed by atoms with van der Waals surface area (Å²) in [6, 6.07) is 13.8. The van der Waals surface area contributed by atoms with Gasteiger partial charge in [0.25, 0.3) is 0 Å². The monoisotopic (exact) mass is 363 g/mol. The van der Waals surface area contributed by atoms with E-state index in [0.717, 1.165) is 22.3 Å². The number of aromatic nitrogens is 4. The molecule has 7 heteroatoms. The number of aryl methyl sites for hydroxylation is 2. The predicted molar refractivity (Wildman–Crippen MR) is 104 cm³/mol. The SMILES string of the molecule is Cc1ccc(NC(=O)CSc2nc3ccccc3n3cnnc23)c(C)c1. The van der Waals surface area contributed by atoms with Gasteiger partial charge >= 0.3 is 0 Å². The molecule has 0 fully saturated rings. The first-order valence-electron chi connectivity index (χ1n) is 8.20. The molecule has 0 saturated carbocycles. The van der Waals surface area contributed by atoms with Gasteiger partial charge in [-0.2, -0.15) is 0 Å². The molecule has 0 aliphatic rings. The number of carbonyl (C=O) groups excluding carboxylic acids is 1. The molecule has 0 aliphatic heterocycles. The van der Waals surface area contributed by atoms with Gasteiger partial charge in [-0.05, 0) is 37.6 Å². The number of nitrogens with zero attached hydrogens (tertiary/aromatic N) is 4. The molecule has 0 saturated heterocycles. The van der Waals surface area contributed by atoms with Gasteiger partial charge in [-0.15, -0.1) is 10.2 Å². The molecular formula is C19H17N5OS. The van der Waals surface area contributed by atoms with E-state index in [1.807, 2.05) is 60.7 Å². The Labute approximate surface area is 154 Å². The van der Waals surface area contributed by atoms with Gasteiger partial charge in [-0.25, -0.2) is 4.98 Å². The predicted octanol–water partition coefficient (Wildman–Crippen LogP) is 3.63. The average Bonchev–Trinajstić information content (AvgIpc) is 3.12. The molecule has 26 heavy (non-hydrogen) atoms. The molecule has 1 N–H and O–H groups in total. The van der Waals surface area contributed by atoms with Crippen molar-refractivity contribution in [2.45, 2.75) is 18.9 Å². The smallest absolute Gasteiger partial charge is 0.234 e. The van der Waals surface area contributed by atoms with Crippen molar-refractivity contribution in [1.29, 1.82) is 0 Å². The molecule has 130 valence electrons. The van der Waals surface area contributed by atoms with Gasteiger partial charge in [0.2, 0.25) is 5.91 Å². The lowest BCUT2D eigenvalue weighted by Crippen LogP contribution is -2.15. The molecule has 0 radical (unpaired) electrons. The second-order valence-electron chi connectivity index (χ2n) is 6.09. The Morgan fingerprint density at radius 3 is 2.88 bits per heavy atom. The van der Waals surface area contributed by atoms with Gasteiger partial charge in [0.1, 0.15) is 11.4 Å². The highest BCUT2D eigenvalue weighted by Crippen LogP contribution is 2.25. The largest absolute Gasteiger partial charge is 0.325 e. The van der Waals surface area contributed by atoms with Crippen LogP contribution in [0.25, 0.3) is 16.7 Å². The fraction of sp³-hybridized carbons (Fsp3) is 0.158. The number of hydrogen-bond donors (Lipinski definition) is 1. The molecule has 0 bridgehead atoms. The first-order valence-corrected chi connectivity index (χ1v) is 9.19. The van der Waals surface area contributed by atoms with Crippen molar-refractivity contribution in [3.8, 4) is 0 Å². The maximum atomic E-state index is 12.4. The highest BCUT2D eigenvalue weighted by molar-refractivity contribution is 8.00. The van der Waals surface area contributed by atoms with Crippen LogP contribution in [0, 0.1) is 13.8 Å². The average molecular weight is 363 g/mol. The Kier molecular flexibility index (Phi) is 4.30. The number of para-hydroxylation sites is 2. The zero-order valence-electron chi connectivity index (χ0n) is 14.4. The Bertz CT molecular complexity index is 1120. The van der Waals surface area contributed by atoms with Crippen LogP contribution in [0.4, 0.5) is 5.69 Å². The maximum Gasteiger partial charge on any atom is 0.234 e. The zero-order valence-corrected chi connectivity index (χ0v) is 15.2. The van der Waals surface area contributed by atoms with E-state index in [1.165, 1.54) is 17.3 Å². The summed E-state index contributed by atoms with van der Waals surface area (Å²) >= 11 is 1.36. The summed E-state index contributed by atoms with van der Waals surface area (Å²) in [5.41, 5.74) is 5.50. The zero-order chi connectivity index (χ0) is 18.1. The van der Waals surface area contributed by atoms with E-state index in [1.54, 1.807) is 6.33 Å². The fourth-order valence-electron chi connectivity index (χ4n) is 2.85. The van der Waals surface area contributed by atoms with Crippen molar-refractivity contribution in [2.75, 3.05) is 11.1 Å². The third-order valence-electron chi connectivity index (χ3n) is 4.10. The van der Waals surface area contributed by atoms with E-state index < -0.39 is 0 Å². The standard InChI is InChI=1S/C19H17N5OS/c1-12-7-8-14(13(2)9-12)21-17(25)10-26-19-18-23-20-11-24(18)16-6-4-3-5-15(16)22-19/h3-9,11H,10H2,1-2H3,(H,21,25). The number of benzene rings is 2. The van der Waals surface area contributed by atoms with Crippen molar-refractivity contribution in [1.82, 2.24) is 19.6 Å². The van der Waals surface area contributed by atoms with Crippen molar-refractivity contribution in [3.63, 3.8) is 0 Å². The Morgan fingerprint density at radius 2 is 2.04 bits per heavy atom. The summed E-state index contributed by atoms with van der Waals surface area (Å²) in [5, 5.41) is 11.8. The van der Waals surface area contributed by atoms with Gasteiger partial charge in [0.15, 0.2) is 5.65 Å². The molecule has 1 amide bonds. The molecule has 2 aromatic heterocycles. The second-order valence-corrected chi connectivity index (χ2v) is 7.05. The van der Waals surface area contributed by atoms with Crippen LogP contribution in [0.15, 0.2) is 53.8 Å². The lowest BCUT2D eigenvalue weighted by Gasteiger charge is -2.09. The quantitative estimate of drug-likeness (QED) is 0.561. The summed E-state index contributed by atoms with van der Waals surface area (Å²) in [7, 11) is 0. The molecule has 4 rings (SSSR count). The first kappa shape index (κ1) is 16.5. The molecule has 0 spiro atoms. The third kappa shape index (κ3) is 3.13. The molecule has 6 nitrogen and oxygen atoms in total. The Hall–Kier alpha value is -2.93. The van der Waals surface area contributed by atoms with Crippen LogP contribution in [-0.4, -0.2) is 31.2 Å². The molecule has 4 aromatic rings. The van der Waals surface area contributed by atoms with Crippen LogP contribution in [0.2, 0.25) is 0 Å². The summed E-state index contributed by atoms with van der Waals surface area (Å²) in [5.74, 6) is 0.177. The van der Waals surface area contributed by atoms with Crippen molar-refractivity contribution in [3.05, 3.63) is 59.9 Å². The van der Waals surface area contributed by atoms with E-state index in [0.29, 0.717) is 10.7 Å². The lowest BCUT2D eigenvalue weighted by molar-refractivity contribution is -0.113. The van der Waals surface area contributed by atoms with Gasteiger partial charge in [-0.1, -0.05) is 41.6 Å². The second kappa shape index (κ2) is 6.76. The van der Waals surface area contributed by atoms with E-state index in [9.17, 15) is 4.79 Å². The summed E-state index contributed by atoms with van der Waals surface area (Å²) in [6.07, 6.45) is 1.67. The Morgan fingerprint density at radius 1 is 1.19 bits per heavy atom. The van der Waals surface area contributed by atoms with Gasteiger partial charge in [-0.3, -0.25) is 9.20 Å². The van der Waals surface area contributed by atoms with Crippen LogP contribution in [-0.2, 0) is 4.79 Å². The number of hydrogen-bond acceptors (Lipinski definition) is 5. The fourth-order valence-corrected chi connectivity index (χ4v) is 3.62. The maximum absolute atomic E-state index is 12.4. The first-order chi connectivity index (χ1) is 12.6.